The van der Waals surface area contributed by atoms with Gasteiger partial charge in [-0.3, -0.25) is 9.35 Å². The maximum Gasteiger partial charge on any atom is 0.306 e. The second-order valence-corrected chi connectivity index (χ2v) is 9.64. The fourth-order valence-corrected chi connectivity index (χ4v) is 3.01. The summed E-state index contributed by atoms with van der Waals surface area (Å²) < 4.78 is 35.9. The van der Waals surface area contributed by atoms with Crippen molar-refractivity contribution in [2.45, 2.75) is 79.8 Å². The monoisotopic (exact) mass is 336 g/mol. The molecule has 5 nitrogen and oxygen atoms in total. The number of carbonyl (C=O) groups excluding carboxylic acids is 1. The number of esters is 1. The second kappa shape index (κ2) is 7.30. The average Bonchev–Trinajstić information content (AvgIpc) is 2.23. The maximum absolute atomic E-state index is 12.1. The lowest BCUT2D eigenvalue weighted by Gasteiger charge is -2.46. The van der Waals surface area contributed by atoms with Crippen LogP contribution in [0.5, 0.6) is 0 Å². The number of carbonyl (C=O) groups is 1. The van der Waals surface area contributed by atoms with E-state index < -0.39 is 27.4 Å². The van der Waals surface area contributed by atoms with Crippen molar-refractivity contribution in [1.29, 1.82) is 0 Å². The number of rotatable bonds is 8. The van der Waals surface area contributed by atoms with Gasteiger partial charge in [-0.1, -0.05) is 41.5 Å². The Morgan fingerprint density at radius 1 is 1.09 bits per heavy atom. The Morgan fingerprint density at radius 2 is 1.59 bits per heavy atom. The molecule has 0 saturated heterocycles. The number of ether oxygens (including phenoxy) is 1. The van der Waals surface area contributed by atoms with E-state index in [0.29, 0.717) is 6.42 Å². The smallest absolute Gasteiger partial charge is 0.306 e. The minimum absolute atomic E-state index is 0.00406. The van der Waals surface area contributed by atoms with Crippen molar-refractivity contribution in [2.75, 3.05) is 5.75 Å². The van der Waals surface area contributed by atoms with Gasteiger partial charge in [-0.15, -0.1) is 0 Å². The van der Waals surface area contributed by atoms with E-state index in [1.54, 1.807) is 0 Å². The normalized spacial score (nSPS) is 16.2. The Morgan fingerprint density at radius 3 is 1.95 bits per heavy atom. The van der Waals surface area contributed by atoms with Crippen molar-refractivity contribution < 1.29 is 22.5 Å². The van der Waals surface area contributed by atoms with Crippen LogP contribution < -0.4 is 0 Å². The lowest BCUT2D eigenvalue weighted by Crippen LogP contribution is -2.48. The summed E-state index contributed by atoms with van der Waals surface area (Å²) in [6, 6.07) is 0. The van der Waals surface area contributed by atoms with Crippen LogP contribution in [0.3, 0.4) is 0 Å². The molecule has 0 aliphatic rings. The summed E-state index contributed by atoms with van der Waals surface area (Å²) in [5, 5.41) is 0. The van der Waals surface area contributed by atoms with Crippen LogP contribution in [0.15, 0.2) is 0 Å². The lowest BCUT2D eigenvalue weighted by atomic mass is 9.67. The molecule has 0 aromatic heterocycles. The van der Waals surface area contributed by atoms with Crippen LogP contribution >= 0.6 is 0 Å². The molecule has 0 radical (unpaired) electrons. The van der Waals surface area contributed by atoms with Crippen LogP contribution in [0.2, 0.25) is 0 Å². The number of hydrogen-bond donors (Lipinski definition) is 1. The largest absolute Gasteiger partial charge is 0.459 e. The van der Waals surface area contributed by atoms with Crippen LogP contribution in [-0.4, -0.2) is 30.3 Å². The van der Waals surface area contributed by atoms with E-state index in [2.05, 4.69) is 41.5 Å². The second-order valence-electron chi connectivity index (χ2n) is 8.07. The highest BCUT2D eigenvalue weighted by Crippen LogP contribution is 2.44. The average molecular weight is 336 g/mol. The Balaban J connectivity index is 4.96. The molecule has 0 aromatic rings. The molecule has 22 heavy (non-hydrogen) atoms. The lowest BCUT2D eigenvalue weighted by molar-refractivity contribution is -0.177. The van der Waals surface area contributed by atoms with Crippen molar-refractivity contribution in [3.63, 3.8) is 0 Å². The van der Waals surface area contributed by atoms with E-state index in [4.69, 9.17) is 9.29 Å². The fourth-order valence-electron chi connectivity index (χ4n) is 2.50. The van der Waals surface area contributed by atoms with Gasteiger partial charge < -0.3 is 4.74 Å². The standard InChI is InChI=1S/C16H32O5S/c1-8-15(5,6)16(7,12-14(2,3)4)21-13(17)10-9-11-22(18,19)20/h8-12H2,1-7H3,(H,18,19,20). The van der Waals surface area contributed by atoms with Gasteiger partial charge in [0.2, 0.25) is 0 Å². The van der Waals surface area contributed by atoms with Crippen molar-refractivity contribution in [3.05, 3.63) is 0 Å². The molecule has 1 N–H and O–H groups in total. The Bertz CT molecular complexity index is 473. The van der Waals surface area contributed by atoms with Gasteiger partial charge in [-0.05, 0) is 31.6 Å². The zero-order chi connectivity index (χ0) is 17.8. The minimum atomic E-state index is -4.03. The molecular formula is C16H32O5S. The minimum Gasteiger partial charge on any atom is -0.459 e. The van der Waals surface area contributed by atoms with Gasteiger partial charge >= 0.3 is 5.97 Å². The predicted molar refractivity (Wildman–Crippen MR) is 88.3 cm³/mol. The first kappa shape index (κ1) is 21.4. The van der Waals surface area contributed by atoms with E-state index in [9.17, 15) is 13.2 Å². The van der Waals surface area contributed by atoms with Gasteiger partial charge in [-0.2, -0.15) is 8.42 Å². The van der Waals surface area contributed by atoms with Crippen LogP contribution in [0.1, 0.15) is 74.1 Å². The third-order valence-corrected chi connectivity index (χ3v) is 5.11. The molecule has 1 unspecified atom stereocenters. The van der Waals surface area contributed by atoms with Crippen molar-refractivity contribution >= 4 is 16.1 Å². The highest BCUT2D eigenvalue weighted by Gasteiger charge is 2.45. The topological polar surface area (TPSA) is 80.7 Å². The zero-order valence-electron chi connectivity index (χ0n) is 15.0. The molecule has 0 amide bonds. The molecule has 0 aliphatic heterocycles. The van der Waals surface area contributed by atoms with Crippen LogP contribution in [0.4, 0.5) is 0 Å². The molecule has 0 spiro atoms. The summed E-state index contributed by atoms with van der Waals surface area (Å²) in [6.45, 7) is 14.5. The zero-order valence-corrected chi connectivity index (χ0v) is 15.8. The molecule has 0 bridgehead atoms. The van der Waals surface area contributed by atoms with E-state index in [0.717, 1.165) is 6.42 Å². The Hall–Kier alpha value is -0.620. The van der Waals surface area contributed by atoms with Gasteiger partial charge in [0, 0.05) is 11.8 Å². The van der Waals surface area contributed by atoms with Gasteiger partial charge in [0.1, 0.15) is 5.60 Å². The van der Waals surface area contributed by atoms with E-state index in [1.807, 2.05) is 6.92 Å². The van der Waals surface area contributed by atoms with Crippen molar-refractivity contribution in [2.24, 2.45) is 10.8 Å². The number of hydrogen-bond acceptors (Lipinski definition) is 4. The molecule has 0 saturated carbocycles. The summed E-state index contributed by atoms with van der Waals surface area (Å²) in [4.78, 5) is 12.1. The van der Waals surface area contributed by atoms with Gasteiger partial charge in [0.05, 0.1) is 5.75 Å². The third kappa shape index (κ3) is 7.58. The molecule has 6 heteroatoms. The summed E-state index contributed by atoms with van der Waals surface area (Å²) in [7, 11) is -4.03. The maximum atomic E-state index is 12.1. The molecule has 0 fully saturated rings. The summed E-state index contributed by atoms with van der Waals surface area (Å²) >= 11 is 0. The van der Waals surface area contributed by atoms with Crippen LogP contribution in [0.25, 0.3) is 0 Å². The van der Waals surface area contributed by atoms with Gasteiger partial charge in [0.25, 0.3) is 10.1 Å². The first-order valence-corrected chi connectivity index (χ1v) is 9.40. The molecule has 132 valence electrons. The molecule has 0 rings (SSSR count). The molecule has 0 heterocycles. The van der Waals surface area contributed by atoms with E-state index in [1.165, 1.54) is 0 Å². The fraction of sp³-hybridized carbons (Fsp3) is 0.938. The predicted octanol–water partition coefficient (Wildman–Crippen LogP) is 3.83. The van der Waals surface area contributed by atoms with Crippen molar-refractivity contribution in [3.8, 4) is 0 Å². The summed E-state index contributed by atoms with van der Waals surface area (Å²) in [5.41, 5.74) is -0.829. The van der Waals surface area contributed by atoms with E-state index in [-0.39, 0.29) is 23.7 Å². The molecular weight excluding hydrogens is 304 g/mol. The highest BCUT2D eigenvalue weighted by molar-refractivity contribution is 7.85. The highest BCUT2D eigenvalue weighted by atomic mass is 32.2. The Kier molecular flexibility index (Phi) is 7.09. The molecule has 0 aliphatic carbocycles. The first-order valence-electron chi connectivity index (χ1n) is 7.79. The van der Waals surface area contributed by atoms with Gasteiger partial charge in [0.15, 0.2) is 0 Å². The Labute approximate surface area is 135 Å². The summed E-state index contributed by atoms with van der Waals surface area (Å²) in [6.07, 6.45) is 1.62. The van der Waals surface area contributed by atoms with Crippen LogP contribution in [-0.2, 0) is 19.6 Å². The SMILES string of the molecule is CCC(C)(C)C(C)(CC(C)(C)C)OC(=O)CCCS(=O)(=O)O. The van der Waals surface area contributed by atoms with E-state index >= 15 is 0 Å². The molecule has 1 atom stereocenters. The third-order valence-electron chi connectivity index (χ3n) is 4.31. The summed E-state index contributed by atoms with van der Waals surface area (Å²) in [5.74, 6) is -0.841. The quantitative estimate of drug-likeness (QED) is 0.538. The van der Waals surface area contributed by atoms with Crippen LogP contribution in [0, 0.1) is 10.8 Å². The van der Waals surface area contributed by atoms with Crippen molar-refractivity contribution in [1.82, 2.24) is 0 Å². The first-order chi connectivity index (χ1) is 9.62. The van der Waals surface area contributed by atoms with Gasteiger partial charge in [-0.25, -0.2) is 0 Å². The molecule has 0 aromatic carbocycles.